The fraction of sp³-hybridized carbons (Fsp3) is 0.778. The van der Waals surface area contributed by atoms with Crippen LogP contribution in [0.15, 0.2) is 12.7 Å². The maximum Gasteiger partial charge on any atom is 0.00141 e. The highest BCUT2D eigenvalue weighted by Gasteiger charge is 2.33. The fourth-order valence-electron chi connectivity index (χ4n) is 1.48. The van der Waals surface area contributed by atoms with E-state index < -0.39 is 0 Å². The summed E-state index contributed by atoms with van der Waals surface area (Å²) in [4.78, 5) is 0. The number of rotatable bonds is 3. The molecule has 1 rings (SSSR count). The summed E-state index contributed by atoms with van der Waals surface area (Å²) < 4.78 is 0. The van der Waals surface area contributed by atoms with Crippen molar-refractivity contribution in [3.05, 3.63) is 12.7 Å². The van der Waals surface area contributed by atoms with Gasteiger partial charge in [0.15, 0.2) is 0 Å². The average molecular weight is 139 g/mol. The zero-order valence-electron chi connectivity index (χ0n) is 6.77. The molecule has 1 aliphatic carbocycles. The molecule has 1 saturated carbocycles. The van der Waals surface area contributed by atoms with Gasteiger partial charge in [0, 0.05) is 12.0 Å². The third kappa shape index (κ3) is 1.10. The third-order valence-corrected chi connectivity index (χ3v) is 2.94. The fourth-order valence-corrected chi connectivity index (χ4v) is 1.48. The van der Waals surface area contributed by atoms with Gasteiger partial charge in [-0.05, 0) is 18.8 Å². The molecule has 1 nitrogen and oxygen atoms in total. The second-order valence-electron chi connectivity index (χ2n) is 3.54. The first-order chi connectivity index (χ1) is 4.73. The lowest BCUT2D eigenvalue weighted by Crippen LogP contribution is -2.37. The van der Waals surface area contributed by atoms with Crippen molar-refractivity contribution in [1.82, 2.24) is 0 Å². The summed E-state index contributed by atoms with van der Waals surface area (Å²) in [5.74, 6) is 0.815. The van der Waals surface area contributed by atoms with E-state index in [1.54, 1.807) is 0 Å². The summed E-state index contributed by atoms with van der Waals surface area (Å²) in [5.41, 5.74) is 5.88. The first-order valence-electron chi connectivity index (χ1n) is 4.06. The highest BCUT2D eigenvalue weighted by atomic mass is 14.6. The van der Waals surface area contributed by atoms with E-state index in [2.05, 4.69) is 13.5 Å². The molecule has 0 radical (unpaired) electrons. The zero-order chi connectivity index (χ0) is 7.61. The molecule has 1 atom stereocenters. The lowest BCUT2D eigenvalue weighted by molar-refractivity contribution is 0.158. The maximum atomic E-state index is 5.66. The standard InChI is InChI=1S/C9H17N/c1-3-9(2,7-10)8-5-4-6-8/h3,8H,1,4-7,10H2,2H3. The highest BCUT2D eigenvalue weighted by molar-refractivity contribution is 4.99. The Hall–Kier alpha value is -0.300. The minimum absolute atomic E-state index is 0.220. The summed E-state index contributed by atoms with van der Waals surface area (Å²) in [6, 6.07) is 0. The predicted molar refractivity (Wildman–Crippen MR) is 44.7 cm³/mol. The molecule has 1 unspecified atom stereocenters. The molecule has 0 aromatic rings. The normalized spacial score (nSPS) is 25.0. The molecule has 0 amide bonds. The monoisotopic (exact) mass is 139 g/mol. The van der Waals surface area contributed by atoms with Crippen LogP contribution in [0.3, 0.4) is 0 Å². The molecule has 58 valence electrons. The number of hydrogen-bond donors (Lipinski definition) is 1. The van der Waals surface area contributed by atoms with Gasteiger partial charge in [0.1, 0.15) is 0 Å². The molecule has 1 heteroatoms. The van der Waals surface area contributed by atoms with Gasteiger partial charge in [0.25, 0.3) is 0 Å². The molecule has 0 aromatic heterocycles. The Morgan fingerprint density at radius 1 is 1.70 bits per heavy atom. The Bertz CT molecular complexity index is 127. The lowest BCUT2D eigenvalue weighted by atomic mass is 9.66. The van der Waals surface area contributed by atoms with Crippen LogP contribution in [0, 0.1) is 11.3 Å². The number of nitrogens with two attached hydrogens (primary N) is 1. The van der Waals surface area contributed by atoms with Gasteiger partial charge in [0.2, 0.25) is 0 Å². The van der Waals surface area contributed by atoms with E-state index in [-0.39, 0.29) is 5.41 Å². The summed E-state index contributed by atoms with van der Waals surface area (Å²) in [6.45, 7) is 6.79. The Morgan fingerprint density at radius 3 is 2.40 bits per heavy atom. The van der Waals surface area contributed by atoms with Crippen LogP contribution in [-0.2, 0) is 0 Å². The van der Waals surface area contributed by atoms with Crippen LogP contribution in [0.25, 0.3) is 0 Å². The Balaban J connectivity index is 2.52. The van der Waals surface area contributed by atoms with E-state index in [9.17, 15) is 0 Å². The topological polar surface area (TPSA) is 26.0 Å². The molecule has 2 N–H and O–H groups in total. The van der Waals surface area contributed by atoms with E-state index in [0.29, 0.717) is 0 Å². The zero-order valence-corrected chi connectivity index (χ0v) is 6.77. The van der Waals surface area contributed by atoms with E-state index in [4.69, 9.17) is 5.73 Å². The Kier molecular flexibility index (Phi) is 2.14. The van der Waals surface area contributed by atoms with Crippen molar-refractivity contribution in [2.45, 2.75) is 26.2 Å². The van der Waals surface area contributed by atoms with Crippen molar-refractivity contribution in [1.29, 1.82) is 0 Å². The van der Waals surface area contributed by atoms with Crippen molar-refractivity contribution in [3.8, 4) is 0 Å². The van der Waals surface area contributed by atoms with Gasteiger partial charge in [-0.1, -0.05) is 19.4 Å². The molecule has 1 aliphatic rings. The van der Waals surface area contributed by atoms with Gasteiger partial charge < -0.3 is 5.73 Å². The van der Waals surface area contributed by atoms with Gasteiger partial charge in [-0.25, -0.2) is 0 Å². The molecule has 0 aliphatic heterocycles. The van der Waals surface area contributed by atoms with Crippen LogP contribution in [0.1, 0.15) is 26.2 Å². The second kappa shape index (κ2) is 2.75. The van der Waals surface area contributed by atoms with E-state index in [0.717, 1.165) is 12.5 Å². The van der Waals surface area contributed by atoms with Crippen LogP contribution in [0.4, 0.5) is 0 Å². The van der Waals surface area contributed by atoms with E-state index in [1.807, 2.05) is 6.08 Å². The van der Waals surface area contributed by atoms with Gasteiger partial charge in [-0.15, -0.1) is 6.58 Å². The van der Waals surface area contributed by atoms with Gasteiger partial charge in [-0.2, -0.15) is 0 Å². The molecule has 0 heterocycles. The highest BCUT2D eigenvalue weighted by Crippen LogP contribution is 2.41. The second-order valence-corrected chi connectivity index (χ2v) is 3.54. The van der Waals surface area contributed by atoms with Crippen molar-refractivity contribution >= 4 is 0 Å². The Morgan fingerprint density at radius 2 is 2.30 bits per heavy atom. The SMILES string of the molecule is C=CC(C)(CN)C1CCC1. The van der Waals surface area contributed by atoms with E-state index >= 15 is 0 Å². The largest absolute Gasteiger partial charge is 0.330 e. The van der Waals surface area contributed by atoms with Gasteiger partial charge in [-0.3, -0.25) is 0 Å². The summed E-state index contributed by atoms with van der Waals surface area (Å²) in [6.07, 6.45) is 6.10. The summed E-state index contributed by atoms with van der Waals surface area (Å²) in [7, 11) is 0. The third-order valence-electron chi connectivity index (χ3n) is 2.94. The first kappa shape index (κ1) is 7.80. The van der Waals surface area contributed by atoms with Crippen molar-refractivity contribution in [3.63, 3.8) is 0 Å². The molecular formula is C9H17N. The molecule has 0 aromatic carbocycles. The van der Waals surface area contributed by atoms with Gasteiger partial charge in [0.05, 0.1) is 0 Å². The van der Waals surface area contributed by atoms with Crippen molar-refractivity contribution in [2.24, 2.45) is 17.1 Å². The van der Waals surface area contributed by atoms with Crippen LogP contribution >= 0.6 is 0 Å². The summed E-state index contributed by atoms with van der Waals surface area (Å²) in [5, 5.41) is 0. The van der Waals surface area contributed by atoms with Crippen LogP contribution in [-0.4, -0.2) is 6.54 Å². The average Bonchev–Trinajstić information content (AvgIpc) is 1.84. The number of hydrogen-bond acceptors (Lipinski definition) is 1. The minimum atomic E-state index is 0.220. The molecule has 0 bridgehead atoms. The summed E-state index contributed by atoms with van der Waals surface area (Å²) >= 11 is 0. The smallest absolute Gasteiger partial charge is 0.00141 e. The molecular weight excluding hydrogens is 122 g/mol. The maximum absolute atomic E-state index is 5.66. The molecule has 0 saturated heterocycles. The van der Waals surface area contributed by atoms with Crippen LogP contribution < -0.4 is 5.73 Å². The first-order valence-corrected chi connectivity index (χ1v) is 4.06. The quantitative estimate of drug-likeness (QED) is 0.594. The molecule has 1 fully saturated rings. The van der Waals surface area contributed by atoms with Crippen molar-refractivity contribution in [2.75, 3.05) is 6.54 Å². The molecule has 0 spiro atoms. The molecule has 10 heavy (non-hydrogen) atoms. The van der Waals surface area contributed by atoms with Crippen LogP contribution in [0.5, 0.6) is 0 Å². The Labute approximate surface area is 63.3 Å². The predicted octanol–water partition coefficient (Wildman–Crippen LogP) is 1.94. The van der Waals surface area contributed by atoms with E-state index in [1.165, 1.54) is 19.3 Å². The van der Waals surface area contributed by atoms with Gasteiger partial charge >= 0.3 is 0 Å². The van der Waals surface area contributed by atoms with Crippen LogP contribution in [0.2, 0.25) is 0 Å². The van der Waals surface area contributed by atoms with Crippen molar-refractivity contribution < 1.29 is 0 Å². The minimum Gasteiger partial charge on any atom is -0.330 e. The lowest BCUT2D eigenvalue weighted by Gasteiger charge is -2.40.